The van der Waals surface area contributed by atoms with Crippen LogP contribution in [0.15, 0.2) is 67.6 Å². The van der Waals surface area contributed by atoms with Crippen LogP contribution in [0.1, 0.15) is 467 Å². The summed E-state index contributed by atoms with van der Waals surface area (Å²) < 4.78 is 14.8. The van der Waals surface area contributed by atoms with Crippen molar-refractivity contribution in [1.29, 1.82) is 21.0 Å². The lowest BCUT2D eigenvalue weighted by atomic mass is 9.93. The third kappa shape index (κ3) is 27.0. The fourth-order valence-electron chi connectivity index (χ4n) is 21.6. The number of benzene rings is 3. The molecule has 7 aromatic heterocycles. The number of Topliss-reactive ketones (excluding diaryl/α,β-unsaturated/α-hetero) is 2. The zero-order valence-corrected chi connectivity index (χ0v) is 88.3. The second kappa shape index (κ2) is 55.6. The van der Waals surface area contributed by atoms with Crippen molar-refractivity contribution in [3.63, 3.8) is 0 Å². The number of halogens is 2. The zero-order valence-electron chi connectivity index (χ0n) is 81.8. The first-order valence-electron chi connectivity index (χ1n) is 53.2. The predicted molar refractivity (Wildman–Crippen MR) is 576 cm³/mol. The molecule has 17 heteroatoms. The first-order chi connectivity index (χ1) is 64.8. The maximum absolute atomic E-state index is 15.4. The van der Waals surface area contributed by atoms with E-state index in [-0.39, 0.29) is 22.7 Å². The van der Waals surface area contributed by atoms with E-state index in [9.17, 15) is 21.0 Å². The van der Waals surface area contributed by atoms with E-state index in [1.54, 1.807) is 0 Å². The van der Waals surface area contributed by atoms with Crippen molar-refractivity contribution in [3.05, 3.63) is 111 Å². The van der Waals surface area contributed by atoms with Gasteiger partial charge in [0.25, 0.3) is 0 Å². The standard InChI is InChI=1S/C115H155Br2N9O2S4/c1-8-14-20-26-32-38-42-46-52-58-64-82(62-56-50-44-36-30-24-18-12-5)80-125-104-100(112-106(125)114-110(131-112)90(66-60-54-48-40-34-28-22-16-10-3)96(129-114)74-94-98(84(76-118)77-119)88-70-68-86(116)72-92(88)108(94)127)102-103(123-124(7)122-102)101-105(104)126(81-83(63-57-51-45-37-31-25-19-13-6)65-59-53-47-43-39-33-27-21-15-9-2)107-113(101)132-111-91(67-61-55-49-41-35-29-23-17-11-4)97(130-115(107)111)75-95-99(85(78-120)79-121)89-71-69-87(117)73-93(89)109(95)128/h68-75,82-83H,8-67,80-81H2,1-7H3/b94-74-,95-75?. The molecule has 0 N–H and O–H groups in total. The van der Waals surface area contributed by atoms with E-state index >= 15 is 9.59 Å². The van der Waals surface area contributed by atoms with Gasteiger partial charge in [0.15, 0.2) is 11.6 Å². The van der Waals surface area contributed by atoms with Gasteiger partial charge in [-0.1, -0.05) is 419 Å². The number of fused-ring (bicyclic) bond motifs is 16. The molecule has 2 aliphatic carbocycles. The molecule has 12 rings (SSSR count). The molecule has 2 aliphatic rings. The second-order valence-electron chi connectivity index (χ2n) is 39.3. The van der Waals surface area contributed by atoms with Crippen LogP contribution in [0.4, 0.5) is 0 Å². The molecule has 11 nitrogen and oxygen atoms in total. The highest BCUT2D eigenvalue weighted by Crippen LogP contribution is 2.57. The lowest BCUT2D eigenvalue weighted by molar-refractivity contribution is 0.103. The lowest BCUT2D eigenvalue weighted by Crippen LogP contribution is -2.14. The van der Waals surface area contributed by atoms with Crippen molar-refractivity contribution in [1.82, 2.24) is 24.1 Å². The lowest BCUT2D eigenvalue weighted by Gasteiger charge is -2.22. The highest BCUT2D eigenvalue weighted by molar-refractivity contribution is 9.10. The van der Waals surface area contributed by atoms with Crippen molar-refractivity contribution in [2.75, 3.05) is 0 Å². The minimum atomic E-state index is -0.161. The number of rotatable bonds is 66. The molecule has 0 saturated carbocycles. The second-order valence-corrected chi connectivity index (χ2v) is 45.3. The molecule has 7 heterocycles. The first-order valence-corrected chi connectivity index (χ1v) is 58.0. The van der Waals surface area contributed by atoms with Gasteiger partial charge in [-0.3, -0.25) is 9.59 Å². The highest BCUT2D eigenvalue weighted by atomic mass is 79.9. The number of nitrogens with zero attached hydrogens (tertiary/aromatic N) is 9. The summed E-state index contributed by atoms with van der Waals surface area (Å²) in [5.74, 6) is 0.440. The maximum Gasteiger partial charge on any atom is 0.194 e. The Morgan fingerprint density at radius 3 is 0.879 bits per heavy atom. The van der Waals surface area contributed by atoms with Gasteiger partial charge >= 0.3 is 0 Å². The van der Waals surface area contributed by atoms with E-state index in [4.69, 9.17) is 10.2 Å². The average Bonchev–Trinajstić information content (AvgIpc) is 1.50. The Kier molecular flexibility index (Phi) is 43.8. The zero-order chi connectivity index (χ0) is 92.9. The predicted octanol–water partition coefficient (Wildman–Crippen LogP) is 38.5. The number of aromatic nitrogens is 5. The molecule has 0 fully saturated rings. The Bertz CT molecular complexity index is 5370. The van der Waals surface area contributed by atoms with Crippen molar-refractivity contribution >= 4 is 184 Å². The van der Waals surface area contributed by atoms with Crippen LogP contribution in [0.2, 0.25) is 0 Å². The topological polar surface area (TPSA) is 170 Å². The van der Waals surface area contributed by atoms with Crippen LogP contribution in [-0.4, -0.2) is 35.7 Å². The fraction of sp³-hybridized carbons (Fsp3) is 0.617. The molecule has 0 bridgehead atoms. The van der Waals surface area contributed by atoms with Crippen LogP contribution in [-0.2, 0) is 33.0 Å². The number of aryl methyl sites for hydroxylation is 3. The van der Waals surface area contributed by atoms with Crippen molar-refractivity contribution in [2.24, 2.45) is 18.9 Å². The number of nitriles is 4. The maximum atomic E-state index is 15.4. The minimum absolute atomic E-state index is 0.0481. The summed E-state index contributed by atoms with van der Waals surface area (Å²) in [5, 5.41) is 57.2. The smallest absolute Gasteiger partial charge is 0.194 e. The van der Waals surface area contributed by atoms with Crippen LogP contribution >= 0.6 is 77.2 Å². The van der Waals surface area contributed by atoms with Crippen LogP contribution < -0.4 is 0 Å². The summed E-state index contributed by atoms with van der Waals surface area (Å²) >= 11 is 14.9. The fourth-order valence-corrected chi connectivity index (χ4v) is 28.3. The van der Waals surface area contributed by atoms with E-state index in [2.05, 4.69) is 119 Å². The molecule has 10 aromatic rings. The molecule has 2 atom stereocenters. The molecule has 0 saturated heterocycles. The monoisotopic (exact) mass is 1980 g/mol. The van der Waals surface area contributed by atoms with E-state index in [0.29, 0.717) is 56.4 Å². The Balaban J connectivity index is 1.14. The van der Waals surface area contributed by atoms with Gasteiger partial charge in [0.05, 0.1) is 50.3 Å². The number of unbranched alkanes of at least 4 members (excludes halogenated alkanes) is 48. The van der Waals surface area contributed by atoms with E-state index in [1.165, 1.54) is 393 Å². The quantitative estimate of drug-likeness (QED) is 0.0206. The van der Waals surface area contributed by atoms with Gasteiger partial charge in [-0.25, -0.2) is 0 Å². The summed E-state index contributed by atoms with van der Waals surface area (Å²) in [6.45, 7) is 15.5. The molecule has 0 spiro atoms. The number of hydrogen-bond donors (Lipinski definition) is 0. The number of ketones is 2. The molecule has 132 heavy (non-hydrogen) atoms. The number of carbonyl (C=O) groups excluding carboxylic acids is 2. The number of allylic oxidation sites excluding steroid dienone is 6. The Labute approximate surface area is 825 Å². The van der Waals surface area contributed by atoms with Crippen LogP contribution in [0, 0.1) is 57.2 Å². The molecule has 0 aliphatic heterocycles. The van der Waals surface area contributed by atoms with Gasteiger partial charge in [-0.05, 0) is 122 Å². The summed E-state index contributed by atoms with van der Waals surface area (Å²) in [6, 6.07) is 20.4. The van der Waals surface area contributed by atoms with Gasteiger partial charge in [0.1, 0.15) is 46.5 Å². The molecule has 2 unspecified atom stereocenters. The molecule has 0 amide bonds. The molecule has 0 radical (unpaired) electrons. The van der Waals surface area contributed by atoms with Crippen molar-refractivity contribution in [2.45, 2.75) is 440 Å². The minimum Gasteiger partial charge on any atom is -0.337 e. The van der Waals surface area contributed by atoms with Crippen LogP contribution in [0.25, 0.3) is 95.4 Å². The van der Waals surface area contributed by atoms with Gasteiger partial charge in [-0.2, -0.15) is 36.0 Å². The third-order valence-electron chi connectivity index (χ3n) is 29.0. The third-order valence-corrected chi connectivity index (χ3v) is 35.1. The highest BCUT2D eigenvalue weighted by Gasteiger charge is 2.38. The summed E-state index contributed by atoms with van der Waals surface area (Å²) in [6.07, 6.45) is 78.4. The van der Waals surface area contributed by atoms with Gasteiger partial charge in [-0.15, -0.1) is 45.3 Å². The van der Waals surface area contributed by atoms with Crippen LogP contribution in [0.3, 0.4) is 0 Å². The van der Waals surface area contributed by atoms with E-state index < -0.39 is 0 Å². The Hall–Kier alpha value is -6.80. The van der Waals surface area contributed by atoms with Gasteiger partial charge in [0, 0.05) is 83.0 Å². The van der Waals surface area contributed by atoms with Crippen molar-refractivity contribution in [3.8, 4) is 24.3 Å². The SMILES string of the molecule is CCCCCCCCCCCCC(CCCCCCCCCC)Cn1c2c3sc(C=C4C(=O)c5cc(Br)ccc5C4=C(C#N)C#N)c(CCCCCCCCCCC)c3sc2c2c3nn(C)nc3c3c4sc5c(CCCCCCCCCCC)c(/C=C6\C(=O)c7cc(Br)ccc7C6=C(C#N)C#N)sc5c4n(CC(CCCCCCCCCC)CCCCCCCCCCCC)c3c21. The van der Waals surface area contributed by atoms with Crippen molar-refractivity contribution < 1.29 is 9.59 Å². The molecular formula is C115H155Br2N9O2S4. The largest absolute Gasteiger partial charge is 0.337 e. The van der Waals surface area contributed by atoms with Crippen LogP contribution in [0.5, 0.6) is 0 Å². The normalized spacial score (nSPS) is 13.9. The summed E-state index contributed by atoms with van der Waals surface area (Å²) in [7, 11) is 2.03. The first kappa shape index (κ1) is 104. The Morgan fingerprint density at radius 2 is 0.606 bits per heavy atom. The average molecular weight is 1980 g/mol. The molecular weight excluding hydrogens is 1830 g/mol. The van der Waals surface area contributed by atoms with E-state index in [1.807, 2.05) is 93.6 Å². The summed E-state index contributed by atoms with van der Waals surface area (Å²) in [5.41, 5.74) is 13.3. The molecule has 710 valence electrons. The summed E-state index contributed by atoms with van der Waals surface area (Å²) in [4.78, 5) is 34.7. The Morgan fingerprint density at radius 1 is 0.341 bits per heavy atom. The van der Waals surface area contributed by atoms with E-state index in [0.717, 1.165) is 107 Å². The number of thiophene rings is 4. The number of carbonyl (C=O) groups is 2. The number of hydrogen-bond acceptors (Lipinski definition) is 12. The van der Waals surface area contributed by atoms with Gasteiger partial charge in [0.2, 0.25) is 0 Å². The van der Waals surface area contributed by atoms with Gasteiger partial charge < -0.3 is 9.13 Å². The molecule has 3 aromatic carbocycles.